The molecule has 0 aromatic carbocycles. The fourth-order valence-corrected chi connectivity index (χ4v) is 2.02. The summed E-state index contributed by atoms with van der Waals surface area (Å²) >= 11 is 3.37. The Hall–Kier alpha value is -1.53. The molecule has 2 rings (SSSR count). The molecule has 0 amide bonds. The molecule has 0 aliphatic carbocycles. The van der Waals surface area contributed by atoms with Gasteiger partial charge in [-0.05, 0) is 48.8 Å². The van der Waals surface area contributed by atoms with Crippen LogP contribution in [0.2, 0.25) is 0 Å². The molecule has 0 radical (unpaired) electrons. The van der Waals surface area contributed by atoms with E-state index in [1.165, 1.54) is 0 Å². The molecule has 112 valence electrons. The number of halogens is 2. The highest BCUT2D eigenvalue weighted by Gasteiger charge is 2.14. The van der Waals surface area contributed by atoms with Crippen LogP contribution < -0.4 is 10.6 Å². The summed E-state index contributed by atoms with van der Waals surface area (Å²) in [5.41, 5.74) is 1.22. The van der Waals surface area contributed by atoms with Crippen molar-refractivity contribution in [2.75, 3.05) is 5.32 Å². The van der Waals surface area contributed by atoms with Gasteiger partial charge in [0.05, 0.1) is 10.2 Å². The number of anilines is 2. The maximum Gasteiger partial charge on any atom is 0.170 e. The van der Waals surface area contributed by atoms with Crippen LogP contribution in [-0.2, 0) is 6.54 Å². The molecule has 0 unspecified atom stereocenters. The van der Waals surface area contributed by atoms with Gasteiger partial charge in [0.2, 0.25) is 0 Å². The smallest absolute Gasteiger partial charge is 0.170 e. The van der Waals surface area contributed by atoms with Crippen molar-refractivity contribution in [2.24, 2.45) is 0 Å². The van der Waals surface area contributed by atoms with E-state index < -0.39 is 0 Å². The number of pyridine rings is 2. The second-order valence-electron chi connectivity index (χ2n) is 5.72. The Labute approximate surface area is 132 Å². The van der Waals surface area contributed by atoms with Crippen LogP contribution in [-0.4, -0.2) is 15.5 Å². The van der Waals surface area contributed by atoms with Gasteiger partial charge in [0, 0.05) is 36.2 Å². The van der Waals surface area contributed by atoms with Gasteiger partial charge >= 0.3 is 0 Å². The summed E-state index contributed by atoms with van der Waals surface area (Å²) in [6.07, 6.45) is 4.88. The van der Waals surface area contributed by atoms with Crippen molar-refractivity contribution in [2.45, 2.75) is 32.9 Å². The first-order valence-corrected chi connectivity index (χ1v) is 7.41. The molecule has 2 N–H and O–H groups in total. The summed E-state index contributed by atoms with van der Waals surface area (Å²) in [5.74, 6) is -0.145. The lowest BCUT2D eigenvalue weighted by Crippen LogP contribution is -2.35. The minimum Gasteiger partial charge on any atom is -0.337 e. The van der Waals surface area contributed by atoms with Crippen molar-refractivity contribution in [1.82, 2.24) is 15.3 Å². The van der Waals surface area contributed by atoms with E-state index in [0.717, 1.165) is 10.2 Å². The third-order valence-electron chi connectivity index (χ3n) is 2.80. The predicted octanol–water partition coefficient (Wildman–Crippen LogP) is 4.01. The van der Waals surface area contributed by atoms with Crippen molar-refractivity contribution in [3.63, 3.8) is 0 Å². The standard InChI is InChI=1S/C15H18BrFN4/c1-15(2,3)20-8-10-4-7-19-14(13(10)17)21-12-5-6-18-9-11(12)16/h4-7,9,20H,8H2,1-3H3,(H,18,19,21). The van der Waals surface area contributed by atoms with Crippen molar-refractivity contribution < 1.29 is 4.39 Å². The van der Waals surface area contributed by atoms with Crippen LogP contribution in [0.4, 0.5) is 15.9 Å². The monoisotopic (exact) mass is 352 g/mol. The molecule has 2 aromatic heterocycles. The van der Waals surface area contributed by atoms with Crippen molar-refractivity contribution in [3.05, 3.63) is 46.6 Å². The molecular formula is C15H18BrFN4. The maximum absolute atomic E-state index is 14.5. The topological polar surface area (TPSA) is 49.8 Å². The highest BCUT2D eigenvalue weighted by molar-refractivity contribution is 9.10. The molecule has 4 nitrogen and oxygen atoms in total. The molecular weight excluding hydrogens is 335 g/mol. The van der Waals surface area contributed by atoms with Crippen molar-refractivity contribution >= 4 is 27.4 Å². The summed E-state index contributed by atoms with van der Waals surface area (Å²) in [4.78, 5) is 8.04. The molecule has 0 saturated heterocycles. The zero-order valence-electron chi connectivity index (χ0n) is 12.2. The number of nitrogens with one attached hydrogen (secondary N) is 2. The van der Waals surface area contributed by atoms with E-state index >= 15 is 0 Å². The quantitative estimate of drug-likeness (QED) is 0.872. The largest absolute Gasteiger partial charge is 0.337 e. The second kappa shape index (κ2) is 6.49. The third kappa shape index (κ3) is 4.47. The van der Waals surface area contributed by atoms with E-state index in [1.807, 2.05) is 20.8 Å². The number of rotatable bonds is 4. The average Bonchev–Trinajstić information content (AvgIpc) is 2.41. The lowest BCUT2D eigenvalue weighted by atomic mass is 10.1. The fraction of sp³-hybridized carbons (Fsp3) is 0.333. The van der Waals surface area contributed by atoms with E-state index in [0.29, 0.717) is 12.1 Å². The first-order chi connectivity index (χ1) is 9.87. The summed E-state index contributed by atoms with van der Waals surface area (Å²) in [6, 6.07) is 3.44. The van der Waals surface area contributed by atoms with Crippen LogP contribution in [0, 0.1) is 5.82 Å². The molecule has 21 heavy (non-hydrogen) atoms. The van der Waals surface area contributed by atoms with Gasteiger partial charge in [-0.15, -0.1) is 0 Å². The second-order valence-corrected chi connectivity index (χ2v) is 6.57. The van der Waals surface area contributed by atoms with Gasteiger partial charge in [0.1, 0.15) is 0 Å². The van der Waals surface area contributed by atoms with E-state index in [1.54, 1.807) is 30.7 Å². The molecule has 0 spiro atoms. The highest BCUT2D eigenvalue weighted by atomic mass is 79.9. The lowest BCUT2D eigenvalue weighted by molar-refractivity contribution is 0.418. The van der Waals surface area contributed by atoms with Gasteiger partial charge in [-0.25, -0.2) is 9.37 Å². The Bertz CT molecular complexity index is 625. The van der Waals surface area contributed by atoms with Gasteiger partial charge in [0.25, 0.3) is 0 Å². The Morgan fingerprint density at radius 1 is 1.24 bits per heavy atom. The summed E-state index contributed by atoms with van der Waals surface area (Å²) in [7, 11) is 0. The lowest BCUT2D eigenvalue weighted by Gasteiger charge is -2.21. The number of hydrogen-bond donors (Lipinski definition) is 2. The predicted molar refractivity (Wildman–Crippen MR) is 86.0 cm³/mol. The minimum atomic E-state index is -0.349. The van der Waals surface area contributed by atoms with Crippen molar-refractivity contribution in [3.8, 4) is 0 Å². The van der Waals surface area contributed by atoms with Crippen LogP contribution in [0.25, 0.3) is 0 Å². The summed E-state index contributed by atoms with van der Waals surface area (Å²) in [6.45, 7) is 6.57. The molecule has 2 heterocycles. The van der Waals surface area contributed by atoms with Gasteiger partial charge in [-0.1, -0.05) is 0 Å². The molecule has 0 aliphatic heterocycles. The molecule has 0 bridgehead atoms. The summed E-state index contributed by atoms with van der Waals surface area (Å²) < 4.78 is 15.2. The average molecular weight is 353 g/mol. The molecule has 6 heteroatoms. The summed E-state index contributed by atoms with van der Waals surface area (Å²) in [5, 5.41) is 6.24. The first kappa shape index (κ1) is 15.9. The van der Waals surface area contributed by atoms with E-state index in [2.05, 4.69) is 36.5 Å². The van der Waals surface area contributed by atoms with Crippen LogP contribution >= 0.6 is 15.9 Å². The normalized spacial score (nSPS) is 11.5. The Kier molecular flexibility index (Phi) is 4.90. The van der Waals surface area contributed by atoms with Crippen LogP contribution in [0.15, 0.2) is 35.2 Å². The molecule has 0 aliphatic rings. The SMILES string of the molecule is CC(C)(C)NCc1ccnc(Nc2ccncc2Br)c1F. The zero-order valence-corrected chi connectivity index (χ0v) is 13.8. The number of nitrogens with zero attached hydrogens (tertiary/aromatic N) is 2. The van der Waals surface area contributed by atoms with Crippen molar-refractivity contribution in [1.29, 1.82) is 0 Å². The van der Waals surface area contributed by atoms with E-state index in [-0.39, 0.29) is 17.2 Å². The fourth-order valence-electron chi connectivity index (χ4n) is 1.67. The molecule has 2 aromatic rings. The van der Waals surface area contributed by atoms with Gasteiger partial charge in [-0.3, -0.25) is 4.98 Å². The molecule has 0 saturated carbocycles. The third-order valence-corrected chi connectivity index (χ3v) is 3.44. The first-order valence-electron chi connectivity index (χ1n) is 6.62. The Morgan fingerprint density at radius 3 is 2.67 bits per heavy atom. The number of aromatic nitrogens is 2. The van der Waals surface area contributed by atoms with E-state index in [9.17, 15) is 4.39 Å². The van der Waals surface area contributed by atoms with Crippen LogP contribution in [0.1, 0.15) is 26.3 Å². The molecule has 0 atom stereocenters. The number of hydrogen-bond acceptors (Lipinski definition) is 4. The van der Waals surface area contributed by atoms with Gasteiger partial charge in [0.15, 0.2) is 11.6 Å². The maximum atomic E-state index is 14.5. The van der Waals surface area contributed by atoms with Crippen LogP contribution in [0.3, 0.4) is 0 Å². The van der Waals surface area contributed by atoms with Gasteiger partial charge < -0.3 is 10.6 Å². The van der Waals surface area contributed by atoms with Crippen LogP contribution in [0.5, 0.6) is 0 Å². The Balaban J connectivity index is 2.20. The molecule has 0 fully saturated rings. The minimum absolute atomic E-state index is 0.0720. The zero-order chi connectivity index (χ0) is 15.5. The van der Waals surface area contributed by atoms with Gasteiger partial charge in [-0.2, -0.15) is 0 Å². The van der Waals surface area contributed by atoms with E-state index in [4.69, 9.17) is 0 Å². The Morgan fingerprint density at radius 2 is 2.00 bits per heavy atom. The highest BCUT2D eigenvalue weighted by Crippen LogP contribution is 2.25.